The van der Waals surface area contributed by atoms with Gasteiger partial charge in [0.1, 0.15) is 5.69 Å². The molecule has 1 heterocycles. The largest absolute Gasteiger partial charge is 0.296 e. The quantitative estimate of drug-likeness (QED) is 0.686. The maximum atomic E-state index is 11.3. The summed E-state index contributed by atoms with van der Waals surface area (Å²) in [6, 6.07) is 13.3. The smallest absolute Gasteiger partial charge is 0.172 e. The van der Waals surface area contributed by atoms with Crippen molar-refractivity contribution in [3.8, 4) is 16.9 Å². The molecular weight excluding hydrogens is 298 g/mol. The summed E-state index contributed by atoms with van der Waals surface area (Å²) < 4.78 is 1.68. The summed E-state index contributed by atoms with van der Waals surface area (Å²) >= 11 is 5.93. The van der Waals surface area contributed by atoms with Crippen LogP contribution in [0.5, 0.6) is 0 Å². The number of hydrogen-bond donors (Lipinski definition) is 0. The van der Waals surface area contributed by atoms with Gasteiger partial charge in [-0.1, -0.05) is 35.0 Å². The molecule has 3 rings (SSSR count). The predicted molar refractivity (Wildman–Crippen MR) is 86.7 cm³/mol. The highest BCUT2D eigenvalue weighted by Crippen LogP contribution is 2.26. The van der Waals surface area contributed by atoms with Gasteiger partial charge in [0, 0.05) is 10.6 Å². The van der Waals surface area contributed by atoms with E-state index in [-0.39, 0.29) is 0 Å². The van der Waals surface area contributed by atoms with Gasteiger partial charge in [0.2, 0.25) is 0 Å². The Kier molecular flexibility index (Phi) is 3.77. The van der Waals surface area contributed by atoms with Gasteiger partial charge in [0.15, 0.2) is 12.0 Å². The van der Waals surface area contributed by atoms with E-state index in [0.717, 1.165) is 16.8 Å². The molecule has 4 nitrogen and oxygen atoms in total. The SMILES string of the molecule is Cc1ccc(-n2nnc(C=O)c2-c2ccc(Cl)cc2)cc1C. The molecule has 0 spiro atoms. The van der Waals surface area contributed by atoms with E-state index in [1.807, 2.05) is 37.3 Å². The van der Waals surface area contributed by atoms with Crippen LogP contribution in [0.25, 0.3) is 16.9 Å². The van der Waals surface area contributed by atoms with Crippen LogP contribution in [-0.4, -0.2) is 21.3 Å². The summed E-state index contributed by atoms with van der Waals surface area (Å²) in [4.78, 5) is 11.3. The van der Waals surface area contributed by atoms with Gasteiger partial charge >= 0.3 is 0 Å². The first-order chi connectivity index (χ1) is 10.6. The highest BCUT2D eigenvalue weighted by atomic mass is 35.5. The zero-order chi connectivity index (χ0) is 15.7. The first-order valence-electron chi connectivity index (χ1n) is 6.84. The summed E-state index contributed by atoms with van der Waals surface area (Å²) in [5.41, 5.74) is 5.04. The van der Waals surface area contributed by atoms with Gasteiger partial charge in [0.05, 0.1) is 5.69 Å². The molecule has 2 aromatic carbocycles. The summed E-state index contributed by atoms with van der Waals surface area (Å²) in [5.74, 6) is 0. The molecule has 0 aliphatic heterocycles. The third-order valence-electron chi connectivity index (χ3n) is 3.66. The maximum absolute atomic E-state index is 11.3. The number of halogens is 1. The van der Waals surface area contributed by atoms with Crippen molar-refractivity contribution in [1.29, 1.82) is 0 Å². The average molecular weight is 312 g/mol. The van der Waals surface area contributed by atoms with Gasteiger partial charge < -0.3 is 0 Å². The molecule has 5 heteroatoms. The molecule has 22 heavy (non-hydrogen) atoms. The minimum absolute atomic E-state index is 0.306. The van der Waals surface area contributed by atoms with E-state index >= 15 is 0 Å². The second kappa shape index (κ2) is 5.73. The van der Waals surface area contributed by atoms with Gasteiger partial charge in [-0.25, -0.2) is 4.68 Å². The topological polar surface area (TPSA) is 47.8 Å². The second-order valence-corrected chi connectivity index (χ2v) is 5.56. The van der Waals surface area contributed by atoms with Crippen molar-refractivity contribution in [3.63, 3.8) is 0 Å². The number of aryl methyl sites for hydroxylation is 2. The fourth-order valence-corrected chi connectivity index (χ4v) is 2.41. The number of carbonyl (C=O) groups excluding carboxylic acids is 1. The van der Waals surface area contributed by atoms with Crippen molar-refractivity contribution in [1.82, 2.24) is 15.0 Å². The van der Waals surface area contributed by atoms with Crippen LogP contribution in [-0.2, 0) is 0 Å². The first-order valence-corrected chi connectivity index (χ1v) is 7.22. The third-order valence-corrected chi connectivity index (χ3v) is 3.91. The van der Waals surface area contributed by atoms with Crippen LogP contribution in [0.3, 0.4) is 0 Å². The molecule has 0 atom stereocenters. The summed E-state index contributed by atoms with van der Waals surface area (Å²) in [6.45, 7) is 4.09. The predicted octanol–water partition coefficient (Wildman–Crippen LogP) is 4.02. The molecule has 0 radical (unpaired) electrons. The van der Waals surface area contributed by atoms with Crippen molar-refractivity contribution in [2.75, 3.05) is 0 Å². The summed E-state index contributed by atoms with van der Waals surface area (Å²) in [7, 11) is 0. The Bertz CT molecular complexity index is 838. The van der Waals surface area contributed by atoms with Crippen molar-refractivity contribution in [2.24, 2.45) is 0 Å². The van der Waals surface area contributed by atoms with Gasteiger partial charge in [-0.2, -0.15) is 0 Å². The van der Waals surface area contributed by atoms with Crippen LogP contribution >= 0.6 is 11.6 Å². The Morgan fingerprint density at radius 2 is 1.77 bits per heavy atom. The lowest BCUT2D eigenvalue weighted by Crippen LogP contribution is -2.01. The number of nitrogens with zero attached hydrogens (tertiary/aromatic N) is 3. The van der Waals surface area contributed by atoms with Crippen LogP contribution in [0, 0.1) is 13.8 Å². The number of aldehydes is 1. The molecule has 0 aliphatic carbocycles. The van der Waals surface area contributed by atoms with Crippen molar-refractivity contribution in [2.45, 2.75) is 13.8 Å². The standard InChI is InChI=1S/C17H14ClN3O/c1-11-3-8-15(9-12(11)2)21-17(16(10-22)19-20-21)13-4-6-14(18)7-5-13/h3-10H,1-2H3. The number of aromatic nitrogens is 3. The zero-order valence-electron chi connectivity index (χ0n) is 12.2. The number of benzene rings is 2. The van der Waals surface area contributed by atoms with Crippen LogP contribution < -0.4 is 0 Å². The van der Waals surface area contributed by atoms with E-state index in [2.05, 4.69) is 17.2 Å². The van der Waals surface area contributed by atoms with E-state index in [1.54, 1.807) is 16.8 Å². The molecule has 0 saturated heterocycles. The number of hydrogen-bond acceptors (Lipinski definition) is 3. The molecule has 0 fully saturated rings. The summed E-state index contributed by atoms with van der Waals surface area (Å²) in [5, 5.41) is 8.74. The summed E-state index contributed by atoms with van der Waals surface area (Å²) in [6.07, 6.45) is 0.717. The molecule has 0 bridgehead atoms. The van der Waals surface area contributed by atoms with Gasteiger partial charge in [-0.05, 0) is 49.2 Å². The highest BCUT2D eigenvalue weighted by molar-refractivity contribution is 6.30. The van der Waals surface area contributed by atoms with Crippen LogP contribution in [0.2, 0.25) is 5.02 Å². The molecule has 0 amide bonds. The lowest BCUT2D eigenvalue weighted by molar-refractivity contribution is 0.111. The third kappa shape index (κ3) is 2.53. The maximum Gasteiger partial charge on any atom is 0.172 e. The lowest BCUT2D eigenvalue weighted by Gasteiger charge is -2.09. The van der Waals surface area contributed by atoms with Gasteiger partial charge in [-0.15, -0.1) is 5.10 Å². The van der Waals surface area contributed by atoms with E-state index < -0.39 is 0 Å². The lowest BCUT2D eigenvalue weighted by atomic mass is 10.1. The molecule has 0 aliphatic rings. The van der Waals surface area contributed by atoms with Crippen LogP contribution in [0.4, 0.5) is 0 Å². The Morgan fingerprint density at radius 3 is 2.41 bits per heavy atom. The molecule has 0 N–H and O–H groups in total. The number of rotatable bonds is 3. The molecular formula is C17H14ClN3O. The van der Waals surface area contributed by atoms with Crippen molar-refractivity contribution >= 4 is 17.9 Å². The van der Waals surface area contributed by atoms with Crippen LogP contribution in [0.1, 0.15) is 21.6 Å². The van der Waals surface area contributed by atoms with E-state index in [1.165, 1.54) is 5.56 Å². The minimum Gasteiger partial charge on any atom is -0.296 e. The number of carbonyl (C=O) groups is 1. The van der Waals surface area contributed by atoms with Crippen molar-refractivity contribution in [3.05, 3.63) is 64.3 Å². The zero-order valence-corrected chi connectivity index (χ0v) is 13.0. The fraction of sp³-hybridized carbons (Fsp3) is 0.118. The van der Waals surface area contributed by atoms with Gasteiger partial charge in [-0.3, -0.25) is 4.79 Å². The average Bonchev–Trinajstić information content (AvgIpc) is 2.95. The van der Waals surface area contributed by atoms with E-state index in [4.69, 9.17) is 11.6 Å². The second-order valence-electron chi connectivity index (χ2n) is 5.13. The Morgan fingerprint density at radius 1 is 1.05 bits per heavy atom. The monoisotopic (exact) mass is 311 g/mol. The normalized spacial score (nSPS) is 10.7. The Balaban J connectivity index is 2.20. The molecule has 1 aromatic heterocycles. The van der Waals surface area contributed by atoms with Crippen molar-refractivity contribution < 1.29 is 4.79 Å². The van der Waals surface area contributed by atoms with Gasteiger partial charge in [0.25, 0.3) is 0 Å². The highest BCUT2D eigenvalue weighted by Gasteiger charge is 2.16. The fourth-order valence-electron chi connectivity index (χ4n) is 2.29. The van der Waals surface area contributed by atoms with E-state index in [9.17, 15) is 4.79 Å². The molecule has 0 unspecified atom stereocenters. The van der Waals surface area contributed by atoms with E-state index in [0.29, 0.717) is 22.7 Å². The minimum atomic E-state index is 0.306. The molecule has 110 valence electrons. The molecule has 0 saturated carbocycles. The Hall–Kier alpha value is -2.46. The van der Waals surface area contributed by atoms with Crippen LogP contribution in [0.15, 0.2) is 42.5 Å². The first kappa shape index (κ1) is 14.5. The Labute approximate surface area is 133 Å². The molecule has 3 aromatic rings.